The van der Waals surface area contributed by atoms with Gasteiger partial charge in [-0.15, -0.1) is 0 Å². The highest BCUT2D eigenvalue weighted by molar-refractivity contribution is 5.74. The molecule has 84 valence electrons. The van der Waals surface area contributed by atoms with Gasteiger partial charge in [0.2, 0.25) is 0 Å². The van der Waals surface area contributed by atoms with Crippen LogP contribution in [-0.4, -0.2) is 18.6 Å². The minimum absolute atomic E-state index is 0.0769. The van der Waals surface area contributed by atoms with E-state index >= 15 is 0 Å². The standard InChI is InChI=1S/C11H18N2O2/c1-3-6-12-11(14)13-9(2)8-10-5-4-7-15-10/h4-5,7,9H,3,6,8H2,1-2H3,(H2,12,13,14). The third-order valence-electron chi connectivity index (χ3n) is 2.00. The average Bonchev–Trinajstić information content (AvgIpc) is 2.67. The van der Waals surface area contributed by atoms with Crippen LogP contribution in [0, 0.1) is 0 Å². The van der Waals surface area contributed by atoms with Crippen molar-refractivity contribution in [2.24, 2.45) is 0 Å². The summed E-state index contributed by atoms with van der Waals surface area (Å²) >= 11 is 0. The summed E-state index contributed by atoms with van der Waals surface area (Å²) in [6.45, 7) is 4.68. The van der Waals surface area contributed by atoms with Crippen LogP contribution >= 0.6 is 0 Å². The minimum atomic E-state index is -0.115. The SMILES string of the molecule is CCCNC(=O)NC(C)Cc1ccco1. The summed E-state index contributed by atoms with van der Waals surface area (Å²) in [4.78, 5) is 11.3. The molecule has 0 bridgehead atoms. The molecule has 0 aliphatic carbocycles. The predicted octanol–water partition coefficient (Wildman–Crippen LogP) is 1.92. The Kier molecular flexibility index (Phi) is 4.74. The van der Waals surface area contributed by atoms with Gasteiger partial charge >= 0.3 is 6.03 Å². The van der Waals surface area contributed by atoms with Crippen molar-refractivity contribution in [1.29, 1.82) is 0 Å². The maximum absolute atomic E-state index is 11.3. The van der Waals surface area contributed by atoms with Gasteiger partial charge in [-0.1, -0.05) is 6.92 Å². The molecule has 1 rings (SSSR count). The zero-order valence-corrected chi connectivity index (χ0v) is 9.25. The maximum atomic E-state index is 11.3. The van der Waals surface area contributed by atoms with Crippen molar-refractivity contribution in [3.8, 4) is 0 Å². The van der Waals surface area contributed by atoms with Crippen LogP contribution < -0.4 is 10.6 Å². The van der Waals surface area contributed by atoms with E-state index in [9.17, 15) is 4.79 Å². The number of amides is 2. The number of rotatable bonds is 5. The highest BCUT2D eigenvalue weighted by Gasteiger charge is 2.08. The van der Waals surface area contributed by atoms with Crippen LogP contribution in [0.25, 0.3) is 0 Å². The molecule has 15 heavy (non-hydrogen) atoms. The number of furan rings is 1. The van der Waals surface area contributed by atoms with Gasteiger partial charge in [0.15, 0.2) is 0 Å². The molecule has 0 spiro atoms. The molecular weight excluding hydrogens is 192 g/mol. The second kappa shape index (κ2) is 6.11. The van der Waals surface area contributed by atoms with E-state index in [1.165, 1.54) is 0 Å². The van der Waals surface area contributed by atoms with E-state index in [-0.39, 0.29) is 12.1 Å². The lowest BCUT2D eigenvalue weighted by molar-refractivity contribution is 0.237. The Labute approximate surface area is 90.0 Å². The molecule has 0 aliphatic heterocycles. The summed E-state index contributed by atoms with van der Waals surface area (Å²) in [6, 6.07) is 3.71. The zero-order valence-electron chi connectivity index (χ0n) is 9.25. The van der Waals surface area contributed by atoms with E-state index in [2.05, 4.69) is 10.6 Å². The van der Waals surface area contributed by atoms with Crippen molar-refractivity contribution in [2.45, 2.75) is 32.7 Å². The molecule has 1 unspecified atom stereocenters. The largest absolute Gasteiger partial charge is 0.469 e. The number of hydrogen-bond donors (Lipinski definition) is 2. The lowest BCUT2D eigenvalue weighted by Gasteiger charge is -2.12. The van der Waals surface area contributed by atoms with Crippen molar-refractivity contribution < 1.29 is 9.21 Å². The lowest BCUT2D eigenvalue weighted by Crippen LogP contribution is -2.41. The predicted molar refractivity (Wildman–Crippen MR) is 58.7 cm³/mol. The Bertz CT molecular complexity index is 283. The van der Waals surface area contributed by atoms with Crippen molar-refractivity contribution in [3.05, 3.63) is 24.2 Å². The van der Waals surface area contributed by atoms with Crippen molar-refractivity contribution in [3.63, 3.8) is 0 Å². The summed E-state index contributed by atoms with van der Waals surface area (Å²) in [7, 11) is 0. The highest BCUT2D eigenvalue weighted by Crippen LogP contribution is 2.03. The van der Waals surface area contributed by atoms with E-state index in [1.54, 1.807) is 6.26 Å². The van der Waals surface area contributed by atoms with E-state index in [0.29, 0.717) is 13.0 Å². The van der Waals surface area contributed by atoms with Gasteiger partial charge in [-0.3, -0.25) is 0 Å². The molecule has 1 aromatic rings. The van der Waals surface area contributed by atoms with Crippen molar-refractivity contribution in [1.82, 2.24) is 10.6 Å². The molecule has 0 saturated heterocycles. The highest BCUT2D eigenvalue weighted by atomic mass is 16.3. The number of carbonyl (C=O) groups is 1. The summed E-state index contributed by atoms with van der Waals surface area (Å²) < 4.78 is 5.20. The van der Waals surface area contributed by atoms with Crippen molar-refractivity contribution >= 4 is 6.03 Å². The van der Waals surface area contributed by atoms with E-state index < -0.39 is 0 Å². The van der Waals surface area contributed by atoms with Crippen LogP contribution in [0.1, 0.15) is 26.0 Å². The van der Waals surface area contributed by atoms with Gasteiger partial charge in [-0.25, -0.2) is 4.79 Å². The molecular formula is C11H18N2O2. The molecule has 2 N–H and O–H groups in total. The molecule has 1 atom stereocenters. The van der Waals surface area contributed by atoms with Gasteiger partial charge in [0.05, 0.1) is 6.26 Å². The monoisotopic (exact) mass is 210 g/mol. The number of carbonyl (C=O) groups excluding carboxylic acids is 1. The Morgan fingerprint density at radius 3 is 3.00 bits per heavy atom. The summed E-state index contributed by atoms with van der Waals surface area (Å²) in [6.07, 6.45) is 3.30. The van der Waals surface area contributed by atoms with E-state index in [4.69, 9.17) is 4.42 Å². The normalized spacial score (nSPS) is 12.1. The molecule has 1 aromatic heterocycles. The van der Waals surface area contributed by atoms with Gasteiger partial charge < -0.3 is 15.1 Å². The smallest absolute Gasteiger partial charge is 0.315 e. The fourth-order valence-electron chi connectivity index (χ4n) is 1.29. The average molecular weight is 210 g/mol. The molecule has 1 heterocycles. The summed E-state index contributed by atoms with van der Waals surface area (Å²) in [5.41, 5.74) is 0. The molecule has 0 aliphatic rings. The Hall–Kier alpha value is -1.45. The Balaban J connectivity index is 2.23. The van der Waals surface area contributed by atoms with Crippen LogP contribution in [-0.2, 0) is 6.42 Å². The zero-order chi connectivity index (χ0) is 11.1. The van der Waals surface area contributed by atoms with Crippen LogP contribution in [0.4, 0.5) is 4.79 Å². The van der Waals surface area contributed by atoms with Crippen LogP contribution in [0.2, 0.25) is 0 Å². The third kappa shape index (κ3) is 4.54. The fourth-order valence-corrected chi connectivity index (χ4v) is 1.29. The minimum Gasteiger partial charge on any atom is -0.469 e. The van der Waals surface area contributed by atoms with Crippen molar-refractivity contribution in [2.75, 3.05) is 6.54 Å². The second-order valence-electron chi connectivity index (χ2n) is 3.58. The molecule has 0 radical (unpaired) electrons. The van der Waals surface area contributed by atoms with Gasteiger partial charge in [-0.05, 0) is 25.5 Å². The van der Waals surface area contributed by atoms with Crippen LogP contribution in [0.3, 0.4) is 0 Å². The molecule has 4 heteroatoms. The second-order valence-corrected chi connectivity index (χ2v) is 3.58. The van der Waals surface area contributed by atoms with E-state index in [1.807, 2.05) is 26.0 Å². The topological polar surface area (TPSA) is 54.3 Å². The van der Waals surface area contributed by atoms with Gasteiger partial charge in [-0.2, -0.15) is 0 Å². The fraction of sp³-hybridized carbons (Fsp3) is 0.545. The maximum Gasteiger partial charge on any atom is 0.315 e. The van der Waals surface area contributed by atoms with Gasteiger partial charge in [0.25, 0.3) is 0 Å². The first kappa shape index (κ1) is 11.6. The molecule has 0 aromatic carbocycles. The first-order valence-corrected chi connectivity index (χ1v) is 5.29. The van der Waals surface area contributed by atoms with Crippen LogP contribution in [0.5, 0.6) is 0 Å². The quantitative estimate of drug-likeness (QED) is 0.780. The van der Waals surface area contributed by atoms with Gasteiger partial charge in [0, 0.05) is 19.0 Å². The number of hydrogen-bond acceptors (Lipinski definition) is 2. The van der Waals surface area contributed by atoms with Gasteiger partial charge in [0.1, 0.15) is 5.76 Å². The summed E-state index contributed by atoms with van der Waals surface area (Å²) in [5, 5.41) is 5.61. The molecule has 4 nitrogen and oxygen atoms in total. The number of nitrogens with one attached hydrogen (secondary N) is 2. The van der Waals surface area contributed by atoms with E-state index in [0.717, 1.165) is 12.2 Å². The first-order valence-electron chi connectivity index (χ1n) is 5.29. The first-order chi connectivity index (χ1) is 7.22. The lowest BCUT2D eigenvalue weighted by atomic mass is 10.2. The Morgan fingerprint density at radius 2 is 2.40 bits per heavy atom. The third-order valence-corrected chi connectivity index (χ3v) is 2.00. The molecule has 0 saturated carbocycles. The number of urea groups is 1. The summed E-state index contributed by atoms with van der Waals surface area (Å²) in [5.74, 6) is 0.887. The molecule has 0 fully saturated rings. The van der Waals surface area contributed by atoms with Crippen LogP contribution in [0.15, 0.2) is 22.8 Å². The Morgan fingerprint density at radius 1 is 1.60 bits per heavy atom. The molecule has 2 amide bonds.